The fourth-order valence-corrected chi connectivity index (χ4v) is 2.05. The molecule has 1 atom stereocenters. The Morgan fingerprint density at radius 2 is 1.36 bits per heavy atom. The van der Waals surface area contributed by atoms with Gasteiger partial charge in [0.2, 0.25) is 11.8 Å². The van der Waals surface area contributed by atoms with E-state index in [2.05, 4.69) is 16.0 Å². The molecule has 0 aliphatic rings. The number of hydrogen-bond acceptors (Lipinski definition) is 3. The van der Waals surface area contributed by atoms with Crippen molar-refractivity contribution in [3.8, 4) is 0 Å². The van der Waals surface area contributed by atoms with Crippen molar-refractivity contribution in [2.24, 2.45) is 5.41 Å². The van der Waals surface area contributed by atoms with Gasteiger partial charge in [-0.2, -0.15) is 0 Å². The Hall–Kier alpha value is -2.82. The third-order valence-electron chi connectivity index (χ3n) is 3.64. The first kappa shape index (κ1) is 18.5. The lowest BCUT2D eigenvalue weighted by Crippen LogP contribution is -2.46. The summed E-state index contributed by atoms with van der Waals surface area (Å²) in [5.74, 6) is -0.404. The minimum atomic E-state index is -0.603. The topological polar surface area (TPSA) is 70.2 Å². The van der Waals surface area contributed by atoms with Crippen molar-refractivity contribution in [2.75, 3.05) is 10.6 Å². The van der Waals surface area contributed by atoms with Crippen LogP contribution in [0.5, 0.6) is 0 Å². The van der Waals surface area contributed by atoms with E-state index < -0.39 is 11.5 Å². The second kappa shape index (κ2) is 7.83. The Balaban J connectivity index is 1.92. The zero-order chi connectivity index (χ0) is 18.4. The molecule has 2 aromatic carbocycles. The third kappa shape index (κ3) is 5.64. The van der Waals surface area contributed by atoms with Gasteiger partial charge in [-0.25, -0.2) is 0 Å². The van der Waals surface area contributed by atoms with E-state index in [4.69, 9.17) is 0 Å². The number of rotatable bonds is 5. The van der Waals surface area contributed by atoms with Crippen molar-refractivity contribution in [1.82, 2.24) is 5.32 Å². The average molecular weight is 339 g/mol. The first-order chi connectivity index (χ1) is 11.8. The van der Waals surface area contributed by atoms with Gasteiger partial charge in [0.1, 0.15) is 6.04 Å². The SMILES string of the molecule is CC(NC(=O)C(C)(C)C)C(=O)Nc1ccc(Nc2ccccc2)cc1. The molecule has 2 amide bonds. The molecule has 0 fully saturated rings. The standard InChI is InChI=1S/C20H25N3O2/c1-14(21-19(25)20(2,3)4)18(24)23-17-12-10-16(11-13-17)22-15-8-6-5-7-9-15/h5-14,22H,1-4H3,(H,21,25)(H,23,24). The van der Waals surface area contributed by atoms with E-state index in [-0.39, 0.29) is 11.8 Å². The number of hydrogen-bond donors (Lipinski definition) is 3. The molecule has 0 saturated heterocycles. The van der Waals surface area contributed by atoms with E-state index in [1.54, 1.807) is 6.92 Å². The normalized spacial score (nSPS) is 12.2. The summed E-state index contributed by atoms with van der Waals surface area (Å²) in [6.45, 7) is 7.10. The Morgan fingerprint density at radius 3 is 1.92 bits per heavy atom. The number of benzene rings is 2. The van der Waals surface area contributed by atoms with Crippen LogP contribution in [0.1, 0.15) is 27.7 Å². The quantitative estimate of drug-likeness (QED) is 0.773. The van der Waals surface area contributed by atoms with Gasteiger partial charge >= 0.3 is 0 Å². The van der Waals surface area contributed by atoms with Crippen LogP contribution in [0.25, 0.3) is 0 Å². The minimum Gasteiger partial charge on any atom is -0.356 e. The summed E-state index contributed by atoms with van der Waals surface area (Å²) in [4.78, 5) is 24.2. The highest BCUT2D eigenvalue weighted by atomic mass is 16.2. The molecule has 5 nitrogen and oxygen atoms in total. The number of carbonyl (C=O) groups excluding carboxylic acids is 2. The molecule has 5 heteroatoms. The van der Waals surface area contributed by atoms with Gasteiger partial charge in [0.05, 0.1) is 0 Å². The minimum absolute atomic E-state index is 0.155. The Morgan fingerprint density at radius 1 is 0.840 bits per heavy atom. The van der Waals surface area contributed by atoms with Crippen molar-refractivity contribution in [3.05, 3.63) is 54.6 Å². The first-order valence-corrected chi connectivity index (χ1v) is 8.29. The van der Waals surface area contributed by atoms with E-state index in [0.29, 0.717) is 5.69 Å². The lowest BCUT2D eigenvalue weighted by atomic mass is 9.95. The van der Waals surface area contributed by atoms with Crippen LogP contribution in [0, 0.1) is 5.41 Å². The van der Waals surface area contributed by atoms with Gasteiger partial charge < -0.3 is 16.0 Å². The van der Waals surface area contributed by atoms with Crippen LogP contribution in [-0.2, 0) is 9.59 Å². The molecule has 0 aliphatic heterocycles. The molecule has 0 bridgehead atoms. The number of para-hydroxylation sites is 1. The number of nitrogens with one attached hydrogen (secondary N) is 3. The Kier molecular flexibility index (Phi) is 5.80. The van der Waals surface area contributed by atoms with E-state index in [1.165, 1.54) is 0 Å². The van der Waals surface area contributed by atoms with Gasteiger partial charge in [-0.15, -0.1) is 0 Å². The molecule has 0 radical (unpaired) electrons. The molecular weight excluding hydrogens is 314 g/mol. The maximum absolute atomic E-state index is 12.2. The molecule has 0 aromatic heterocycles. The Labute approximate surface area is 148 Å². The summed E-state index contributed by atoms with van der Waals surface area (Å²) < 4.78 is 0. The van der Waals surface area contributed by atoms with Gasteiger partial charge in [-0.05, 0) is 43.3 Å². The van der Waals surface area contributed by atoms with Crippen LogP contribution < -0.4 is 16.0 Å². The second-order valence-electron chi connectivity index (χ2n) is 7.00. The molecule has 2 rings (SSSR count). The highest BCUT2D eigenvalue weighted by molar-refractivity contribution is 5.97. The predicted octanol–water partition coefficient (Wildman–Crippen LogP) is 3.92. The molecule has 0 saturated carbocycles. The van der Waals surface area contributed by atoms with E-state index in [0.717, 1.165) is 11.4 Å². The van der Waals surface area contributed by atoms with E-state index >= 15 is 0 Å². The Bertz CT molecular complexity index is 719. The number of anilines is 3. The zero-order valence-electron chi connectivity index (χ0n) is 15.1. The van der Waals surface area contributed by atoms with Gasteiger partial charge in [0.25, 0.3) is 0 Å². The fourth-order valence-electron chi connectivity index (χ4n) is 2.05. The summed E-state index contributed by atoms with van der Waals surface area (Å²) in [7, 11) is 0. The van der Waals surface area contributed by atoms with Gasteiger partial charge in [0.15, 0.2) is 0 Å². The molecule has 25 heavy (non-hydrogen) atoms. The first-order valence-electron chi connectivity index (χ1n) is 8.29. The molecular formula is C20H25N3O2. The van der Waals surface area contributed by atoms with Crippen LogP contribution in [0.3, 0.4) is 0 Å². The predicted molar refractivity (Wildman–Crippen MR) is 102 cm³/mol. The number of carbonyl (C=O) groups is 2. The summed E-state index contributed by atoms with van der Waals surface area (Å²) >= 11 is 0. The summed E-state index contributed by atoms with van der Waals surface area (Å²) in [5.41, 5.74) is 2.08. The molecule has 132 valence electrons. The second-order valence-corrected chi connectivity index (χ2v) is 7.00. The molecule has 0 spiro atoms. The maximum atomic E-state index is 12.2. The van der Waals surface area contributed by atoms with E-state index in [1.807, 2.05) is 75.4 Å². The summed E-state index contributed by atoms with van der Waals surface area (Å²) in [5, 5.41) is 8.81. The summed E-state index contributed by atoms with van der Waals surface area (Å²) in [6, 6.07) is 16.7. The molecule has 0 aliphatic carbocycles. The van der Waals surface area contributed by atoms with Crippen LogP contribution in [0.4, 0.5) is 17.1 Å². The van der Waals surface area contributed by atoms with E-state index in [9.17, 15) is 9.59 Å². The smallest absolute Gasteiger partial charge is 0.246 e. The summed E-state index contributed by atoms with van der Waals surface area (Å²) in [6.07, 6.45) is 0. The van der Waals surface area contributed by atoms with Crippen molar-refractivity contribution < 1.29 is 9.59 Å². The van der Waals surface area contributed by atoms with Gasteiger partial charge in [-0.1, -0.05) is 39.0 Å². The average Bonchev–Trinajstić information content (AvgIpc) is 2.56. The fraction of sp³-hybridized carbons (Fsp3) is 0.300. The largest absolute Gasteiger partial charge is 0.356 e. The highest BCUT2D eigenvalue weighted by Crippen LogP contribution is 2.19. The van der Waals surface area contributed by atoms with Crippen LogP contribution in [0.2, 0.25) is 0 Å². The molecule has 2 aromatic rings. The molecule has 0 heterocycles. The third-order valence-corrected chi connectivity index (χ3v) is 3.64. The van der Waals surface area contributed by atoms with Crippen molar-refractivity contribution in [2.45, 2.75) is 33.7 Å². The van der Waals surface area contributed by atoms with Crippen LogP contribution >= 0.6 is 0 Å². The molecule has 1 unspecified atom stereocenters. The van der Waals surface area contributed by atoms with Crippen molar-refractivity contribution >= 4 is 28.9 Å². The van der Waals surface area contributed by atoms with Crippen molar-refractivity contribution in [3.63, 3.8) is 0 Å². The monoisotopic (exact) mass is 339 g/mol. The van der Waals surface area contributed by atoms with Crippen molar-refractivity contribution in [1.29, 1.82) is 0 Å². The highest BCUT2D eigenvalue weighted by Gasteiger charge is 2.25. The van der Waals surface area contributed by atoms with Crippen LogP contribution in [-0.4, -0.2) is 17.9 Å². The lowest BCUT2D eigenvalue weighted by Gasteiger charge is -2.21. The lowest BCUT2D eigenvalue weighted by molar-refractivity contribution is -0.131. The van der Waals surface area contributed by atoms with Gasteiger partial charge in [0, 0.05) is 22.5 Å². The maximum Gasteiger partial charge on any atom is 0.246 e. The van der Waals surface area contributed by atoms with Gasteiger partial charge in [-0.3, -0.25) is 9.59 Å². The molecule has 3 N–H and O–H groups in total. The van der Waals surface area contributed by atoms with Crippen LogP contribution in [0.15, 0.2) is 54.6 Å². The number of amides is 2. The zero-order valence-corrected chi connectivity index (χ0v) is 15.1.